The molecule has 0 saturated heterocycles. The summed E-state index contributed by atoms with van der Waals surface area (Å²) in [5, 5.41) is 11.6. The molecule has 7 aromatic rings. The van der Waals surface area contributed by atoms with Gasteiger partial charge in [-0.2, -0.15) is 5.26 Å². The van der Waals surface area contributed by atoms with Crippen molar-refractivity contribution in [2.75, 3.05) is 0 Å². The van der Waals surface area contributed by atoms with Gasteiger partial charge < -0.3 is 4.57 Å². The van der Waals surface area contributed by atoms with Crippen LogP contribution in [0.4, 0.5) is 11.4 Å². The fraction of sp³-hybridized carbons (Fsp3) is 0. The molecule has 0 aliphatic heterocycles. The number of aromatic nitrogens is 1. The van der Waals surface area contributed by atoms with Crippen LogP contribution in [0.25, 0.3) is 70.6 Å². The molecule has 0 radical (unpaired) electrons. The molecule has 4 nitrogen and oxygen atoms in total. The molecule has 6 aromatic carbocycles. The molecule has 0 N–H and O–H groups in total. The van der Waals surface area contributed by atoms with Gasteiger partial charge in [-0.3, -0.25) is 0 Å². The molecule has 1 aromatic heterocycles. The van der Waals surface area contributed by atoms with E-state index in [0.717, 1.165) is 60.9 Å². The quantitative estimate of drug-likeness (QED) is 0.202. The number of nitrogens with zero attached hydrogens (tertiary/aromatic N) is 4. The lowest BCUT2D eigenvalue weighted by molar-refractivity contribution is 1.18. The molecule has 0 amide bonds. The lowest BCUT2D eigenvalue weighted by Gasteiger charge is -2.14. The maximum atomic E-state index is 9.54. The minimum atomic E-state index is 0.536. The van der Waals surface area contributed by atoms with Crippen molar-refractivity contribution in [1.82, 2.24) is 4.57 Å². The van der Waals surface area contributed by atoms with Crippen LogP contribution in [0.3, 0.4) is 0 Å². The summed E-state index contributed by atoms with van der Waals surface area (Å²) in [6.07, 6.45) is 0. The van der Waals surface area contributed by atoms with E-state index in [1.807, 2.05) is 84.9 Å². The molecule has 7 rings (SSSR count). The van der Waals surface area contributed by atoms with E-state index in [2.05, 4.69) is 68.9 Å². The number of benzene rings is 6. The first-order valence-corrected chi connectivity index (χ1v) is 13.8. The normalized spacial score (nSPS) is 10.7. The van der Waals surface area contributed by atoms with E-state index in [1.165, 1.54) is 0 Å². The highest BCUT2D eigenvalue weighted by Gasteiger charge is 2.15. The summed E-state index contributed by atoms with van der Waals surface area (Å²) in [7, 11) is 0. The predicted octanol–water partition coefficient (Wildman–Crippen LogP) is 10.8. The van der Waals surface area contributed by atoms with Gasteiger partial charge in [0.1, 0.15) is 0 Å². The number of nitriles is 1. The maximum Gasteiger partial charge on any atom is 0.189 e. The third-order valence-corrected chi connectivity index (χ3v) is 7.77. The van der Waals surface area contributed by atoms with E-state index < -0.39 is 0 Å². The van der Waals surface area contributed by atoms with Crippen molar-refractivity contribution >= 4 is 33.2 Å². The topological polar surface area (TPSA) is 37.4 Å². The van der Waals surface area contributed by atoms with Gasteiger partial charge in [0.2, 0.25) is 0 Å². The molecule has 0 fully saturated rings. The Balaban J connectivity index is 1.49. The summed E-state index contributed by atoms with van der Waals surface area (Å²) in [6, 6.07) is 46.5. The van der Waals surface area contributed by atoms with Crippen molar-refractivity contribution < 1.29 is 0 Å². The average Bonchev–Trinajstić information content (AvgIpc) is 3.42. The van der Waals surface area contributed by atoms with Crippen molar-refractivity contribution in [2.24, 2.45) is 0 Å². The third kappa shape index (κ3) is 4.58. The molecule has 0 atom stereocenters. The molecule has 0 spiro atoms. The van der Waals surface area contributed by atoms with Crippen LogP contribution in [-0.4, -0.2) is 4.57 Å². The van der Waals surface area contributed by atoms with Gasteiger partial charge in [-0.05, 0) is 105 Å². The average molecular weight is 547 g/mol. The van der Waals surface area contributed by atoms with E-state index in [-0.39, 0.29) is 0 Å². The molecule has 43 heavy (non-hydrogen) atoms. The van der Waals surface area contributed by atoms with E-state index >= 15 is 0 Å². The van der Waals surface area contributed by atoms with E-state index in [0.29, 0.717) is 16.9 Å². The van der Waals surface area contributed by atoms with Gasteiger partial charge >= 0.3 is 0 Å². The van der Waals surface area contributed by atoms with Crippen LogP contribution in [0.1, 0.15) is 5.56 Å². The molecular weight excluding hydrogens is 524 g/mol. The first-order valence-electron chi connectivity index (χ1n) is 13.8. The summed E-state index contributed by atoms with van der Waals surface area (Å²) in [4.78, 5) is 7.51. The maximum absolute atomic E-state index is 9.54. The minimum Gasteiger partial charge on any atom is -0.311 e. The van der Waals surface area contributed by atoms with Crippen molar-refractivity contribution in [3.8, 4) is 45.1 Å². The first-order chi connectivity index (χ1) is 21.1. The highest BCUT2D eigenvalue weighted by molar-refractivity contribution is 6.10. The van der Waals surface area contributed by atoms with Crippen molar-refractivity contribution in [3.63, 3.8) is 0 Å². The van der Waals surface area contributed by atoms with Crippen LogP contribution in [0.15, 0.2) is 133 Å². The molecular formula is C39H22N4. The van der Waals surface area contributed by atoms with Crippen LogP contribution in [-0.2, 0) is 0 Å². The second-order valence-electron chi connectivity index (χ2n) is 10.4. The summed E-state index contributed by atoms with van der Waals surface area (Å²) in [5.74, 6) is 0. The van der Waals surface area contributed by atoms with Crippen molar-refractivity contribution in [1.29, 1.82) is 5.26 Å². The highest BCUT2D eigenvalue weighted by Crippen LogP contribution is 2.39. The standard InChI is InChI=1S/C39H22N4/c1-41-33-15-16-39-37(24-33)36-13-6-7-14-38(36)43(39)35-22-32(21-34(23-35)42-2)31-19-29(27-10-4-3-5-11-27)18-30(20-31)28-12-8-9-26(17-28)25-40/h3-24H. The third-order valence-electron chi connectivity index (χ3n) is 7.77. The molecule has 0 bridgehead atoms. The Labute approximate surface area is 249 Å². The Kier molecular flexibility index (Phi) is 6.26. The smallest absolute Gasteiger partial charge is 0.189 e. The van der Waals surface area contributed by atoms with Crippen LogP contribution in [0.5, 0.6) is 0 Å². The van der Waals surface area contributed by atoms with Crippen LogP contribution in [0.2, 0.25) is 0 Å². The van der Waals surface area contributed by atoms with Gasteiger partial charge in [0, 0.05) is 11.1 Å². The molecule has 198 valence electrons. The molecule has 1 heterocycles. The van der Waals surface area contributed by atoms with Crippen molar-refractivity contribution in [2.45, 2.75) is 0 Å². The zero-order valence-corrected chi connectivity index (χ0v) is 23.0. The number of fused-ring (bicyclic) bond motifs is 3. The zero-order chi connectivity index (χ0) is 29.3. The van der Waals surface area contributed by atoms with Crippen LogP contribution in [0, 0.1) is 24.5 Å². The molecule has 0 aliphatic carbocycles. The fourth-order valence-electron chi connectivity index (χ4n) is 5.79. The van der Waals surface area contributed by atoms with Gasteiger partial charge in [0.25, 0.3) is 0 Å². The number of hydrogen-bond donors (Lipinski definition) is 0. The zero-order valence-electron chi connectivity index (χ0n) is 23.0. The summed E-state index contributed by atoms with van der Waals surface area (Å²) >= 11 is 0. The molecule has 4 heteroatoms. The fourth-order valence-corrected chi connectivity index (χ4v) is 5.79. The predicted molar refractivity (Wildman–Crippen MR) is 174 cm³/mol. The first kappa shape index (κ1) is 25.6. The lowest BCUT2D eigenvalue weighted by atomic mass is 9.92. The largest absolute Gasteiger partial charge is 0.311 e. The summed E-state index contributed by atoms with van der Waals surface area (Å²) < 4.78 is 2.18. The van der Waals surface area contributed by atoms with Crippen LogP contribution < -0.4 is 0 Å². The molecule has 0 unspecified atom stereocenters. The SMILES string of the molecule is [C-]#[N+]c1cc(-c2cc(-c3ccccc3)cc(-c3cccc(C#N)c3)c2)cc(-n2c3ccccc3c3cc([N+]#[C-])ccc32)c1. The molecule has 0 saturated carbocycles. The van der Waals surface area contributed by atoms with Gasteiger partial charge in [0.05, 0.1) is 35.8 Å². The number of hydrogen-bond acceptors (Lipinski definition) is 1. The Hall–Kier alpha value is -6.41. The van der Waals surface area contributed by atoms with E-state index in [9.17, 15) is 5.26 Å². The second kappa shape index (κ2) is 10.5. The Bertz CT molecular complexity index is 2320. The monoisotopic (exact) mass is 546 g/mol. The van der Waals surface area contributed by atoms with Gasteiger partial charge in [-0.1, -0.05) is 66.7 Å². The van der Waals surface area contributed by atoms with Crippen molar-refractivity contribution in [3.05, 3.63) is 162 Å². The second-order valence-corrected chi connectivity index (χ2v) is 10.4. The molecule has 0 aliphatic rings. The Morgan fingerprint density at radius 2 is 1.14 bits per heavy atom. The minimum absolute atomic E-state index is 0.536. The number of para-hydroxylation sites is 1. The summed E-state index contributed by atoms with van der Waals surface area (Å²) in [6.45, 7) is 15.5. The Morgan fingerprint density at radius 3 is 1.91 bits per heavy atom. The van der Waals surface area contributed by atoms with E-state index in [1.54, 1.807) is 0 Å². The van der Waals surface area contributed by atoms with E-state index in [4.69, 9.17) is 13.1 Å². The lowest BCUT2D eigenvalue weighted by Crippen LogP contribution is -1.95. The van der Waals surface area contributed by atoms with Gasteiger partial charge in [-0.25, -0.2) is 9.69 Å². The van der Waals surface area contributed by atoms with Gasteiger partial charge in [0.15, 0.2) is 11.4 Å². The van der Waals surface area contributed by atoms with Crippen LogP contribution >= 0.6 is 0 Å². The number of rotatable bonds is 4. The van der Waals surface area contributed by atoms with Gasteiger partial charge in [-0.15, -0.1) is 0 Å². The highest BCUT2D eigenvalue weighted by atomic mass is 15.0. The summed E-state index contributed by atoms with van der Waals surface area (Å²) in [5.41, 5.74) is 10.6. The Morgan fingerprint density at radius 1 is 0.488 bits per heavy atom.